The third-order valence-corrected chi connectivity index (χ3v) is 5.16. The van der Waals surface area contributed by atoms with Gasteiger partial charge in [0, 0.05) is 11.1 Å². The van der Waals surface area contributed by atoms with E-state index >= 15 is 0 Å². The van der Waals surface area contributed by atoms with Crippen molar-refractivity contribution in [2.24, 2.45) is 0 Å². The fraction of sp³-hybridized carbons (Fsp3) is 0.130. The summed E-state index contributed by atoms with van der Waals surface area (Å²) in [6.07, 6.45) is 0. The summed E-state index contributed by atoms with van der Waals surface area (Å²) in [5.74, 6) is 0. The molecule has 0 aliphatic heterocycles. The number of rotatable bonds is 1. The van der Waals surface area contributed by atoms with Crippen LogP contribution in [-0.2, 0) is 0 Å². The molecule has 0 radical (unpaired) electrons. The summed E-state index contributed by atoms with van der Waals surface area (Å²) in [6, 6.07) is 21.6. The molecule has 24 heavy (non-hydrogen) atoms. The van der Waals surface area contributed by atoms with Gasteiger partial charge in [0.25, 0.3) is 0 Å². The summed E-state index contributed by atoms with van der Waals surface area (Å²) in [5.41, 5.74) is 13.6. The van der Waals surface area contributed by atoms with Gasteiger partial charge in [0.15, 0.2) is 0 Å². The first kappa shape index (κ1) is 14.8. The number of nitrogen functional groups attached to an aromatic ring is 1. The molecule has 0 aromatic heterocycles. The first-order chi connectivity index (χ1) is 11.6. The van der Waals surface area contributed by atoms with Crippen molar-refractivity contribution >= 4 is 27.2 Å². The second kappa shape index (κ2) is 5.38. The molecule has 0 fully saturated rings. The van der Waals surface area contributed by atoms with Gasteiger partial charge >= 0.3 is 0 Å². The summed E-state index contributed by atoms with van der Waals surface area (Å²) in [7, 11) is 0. The lowest BCUT2D eigenvalue weighted by Crippen LogP contribution is -1.95. The Labute approximate surface area is 142 Å². The highest BCUT2D eigenvalue weighted by molar-refractivity contribution is 6.10. The molecule has 0 saturated heterocycles. The van der Waals surface area contributed by atoms with Gasteiger partial charge in [-0.15, -0.1) is 0 Å². The molecule has 1 heteroatoms. The van der Waals surface area contributed by atoms with Crippen LogP contribution in [-0.4, -0.2) is 0 Å². The quantitative estimate of drug-likeness (QED) is 0.418. The first-order valence-electron chi connectivity index (χ1n) is 8.35. The van der Waals surface area contributed by atoms with Crippen LogP contribution in [0.15, 0.2) is 60.7 Å². The number of hydrogen-bond acceptors (Lipinski definition) is 1. The molecule has 0 bridgehead atoms. The highest BCUT2D eigenvalue weighted by atomic mass is 14.6. The van der Waals surface area contributed by atoms with E-state index in [0.29, 0.717) is 0 Å². The molecule has 2 N–H and O–H groups in total. The van der Waals surface area contributed by atoms with Crippen LogP contribution < -0.4 is 5.73 Å². The van der Waals surface area contributed by atoms with Crippen LogP contribution in [0.4, 0.5) is 5.69 Å². The lowest BCUT2D eigenvalue weighted by atomic mass is 9.88. The van der Waals surface area contributed by atoms with E-state index in [1.165, 1.54) is 38.4 Å². The largest absolute Gasteiger partial charge is 0.398 e. The maximum absolute atomic E-state index is 6.33. The van der Waals surface area contributed by atoms with Crippen molar-refractivity contribution in [2.45, 2.75) is 20.8 Å². The van der Waals surface area contributed by atoms with Gasteiger partial charge in [-0.1, -0.05) is 54.6 Å². The maximum Gasteiger partial charge on any atom is 0.0423 e. The predicted octanol–water partition coefficient (Wildman–Crippen LogP) is 6.17. The third kappa shape index (κ3) is 2.09. The minimum absolute atomic E-state index is 0.877. The van der Waals surface area contributed by atoms with Crippen molar-refractivity contribution in [3.05, 3.63) is 77.4 Å². The molecule has 4 aromatic carbocycles. The van der Waals surface area contributed by atoms with Crippen LogP contribution in [0.5, 0.6) is 0 Å². The minimum Gasteiger partial charge on any atom is -0.398 e. The molecule has 0 heterocycles. The van der Waals surface area contributed by atoms with E-state index in [1.807, 2.05) is 0 Å². The van der Waals surface area contributed by atoms with E-state index in [1.54, 1.807) is 0 Å². The Morgan fingerprint density at radius 1 is 0.583 bits per heavy atom. The Morgan fingerprint density at radius 3 is 1.67 bits per heavy atom. The van der Waals surface area contributed by atoms with E-state index in [0.717, 1.165) is 16.6 Å². The Kier molecular flexibility index (Phi) is 3.31. The van der Waals surface area contributed by atoms with Gasteiger partial charge in [0.1, 0.15) is 0 Å². The summed E-state index contributed by atoms with van der Waals surface area (Å²) in [4.78, 5) is 0. The normalized spacial score (nSPS) is 11.3. The van der Waals surface area contributed by atoms with Crippen molar-refractivity contribution < 1.29 is 0 Å². The first-order valence-corrected chi connectivity index (χ1v) is 8.35. The number of anilines is 1. The molecular weight excluding hydrogens is 290 g/mol. The molecule has 0 aliphatic carbocycles. The van der Waals surface area contributed by atoms with Crippen molar-refractivity contribution in [1.29, 1.82) is 0 Å². The van der Waals surface area contributed by atoms with Crippen LogP contribution in [0.3, 0.4) is 0 Å². The van der Waals surface area contributed by atoms with Gasteiger partial charge in [-0.3, -0.25) is 0 Å². The van der Waals surface area contributed by atoms with Gasteiger partial charge in [-0.2, -0.15) is 0 Å². The van der Waals surface area contributed by atoms with E-state index in [9.17, 15) is 0 Å². The number of hydrogen-bond donors (Lipinski definition) is 1. The number of fused-ring (bicyclic) bond motifs is 2. The summed E-state index contributed by atoms with van der Waals surface area (Å²) in [6.45, 7) is 6.49. The average Bonchev–Trinajstić information content (AvgIpc) is 2.61. The van der Waals surface area contributed by atoms with Crippen molar-refractivity contribution in [3.63, 3.8) is 0 Å². The summed E-state index contributed by atoms with van der Waals surface area (Å²) < 4.78 is 0. The lowest BCUT2D eigenvalue weighted by molar-refractivity contribution is 1.38. The average molecular weight is 311 g/mol. The topological polar surface area (TPSA) is 26.0 Å². The molecule has 4 aromatic rings. The molecule has 4 rings (SSSR count). The van der Waals surface area contributed by atoms with Crippen LogP contribution in [0.2, 0.25) is 0 Å². The molecule has 0 saturated carbocycles. The maximum atomic E-state index is 6.33. The molecule has 1 nitrogen and oxygen atoms in total. The Morgan fingerprint density at radius 2 is 1.04 bits per heavy atom. The van der Waals surface area contributed by atoms with Crippen LogP contribution in [0.1, 0.15) is 16.7 Å². The zero-order chi connectivity index (χ0) is 16.8. The molecule has 118 valence electrons. The number of aryl methyl sites for hydroxylation is 3. The SMILES string of the molecule is Cc1cc(-c2cc(C)c(N)c3ccccc23)c2ccccc2c1C. The van der Waals surface area contributed by atoms with Gasteiger partial charge in [-0.25, -0.2) is 0 Å². The van der Waals surface area contributed by atoms with E-state index in [-0.39, 0.29) is 0 Å². The number of nitrogens with two attached hydrogens (primary N) is 1. The molecule has 0 atom stereocenters. The second-order valence-corrected chi connectivity index (χ2v) is 6.61. The second-order valence-electron chi connectivity index (χ2n) is 6.61. The molecule has 0 unspecified atom stereocenters. The summed E-state index contributed by atoms with van der Waals surface area (Å²) >= 11 is 0. The van der Waals surface area contributed by atoms with Crippen LogP contribution in [0, 0.1) is 20.8 Å². The van der Waals surface area contributed by atoms with Crippen LogP contribution in [0.25, 0.3) is 32.7 Å². The van der Waals surface area contributed by atoms with Crippen LogP contribution >= 0.6 is 0 Å². The van der Waals surface area contributed by atoms with E-state index in [2.05, 4.69) is 81.4 Å². The van der Waals surface area contributed by atoms with Gasteiger partial charge in [0.05, 0.1) is 0 Å². The molecule has 0 spiro atoms. The zero-order valence-corrected chi connectivity index (χ0v) is 14.4. The Balaban J connectivity index is 2.19. The van der Waals surface area contributed by atoms with Crippen molar-refractivity contribution in [2.75, 3.05) is 5.73 Å². The fourth-order valence-electron chi connectivity index (χ4n) is 3.64. The Bertz CT molecular complexity index is 1000. The van der Waals surface area contributed by atoms with Gasteiger partial charge in [-0.05, 0) is 70.8 Å². The highest BCUT2D eigenvalue weighted by Gasteiger charge is 2.13. The van der Waals surface area contributed by atoms with E-state index in [4.69, 9.17) is 5.73 Å². The molecular formula is C23H21N. The van der Waals surface area contributed by atoms with Gasteiger partial charge < -0.3 is 5.73 Å². The standard InChI is InChI=1S/C23H21N/c1-14-12-21(18-9-5-4-8-17(18)16(14)3)22-13-15(2)23(24)20-11-7-6-10-19(20)22/h4-13H,24H2,1-3H3. The predicted molar refractivity (Wildman–Crippen MR) is 106 cm³/mol. The minimum atomic E-state index is 0.877. The molecule has 0 amide bonds. The highest BCUT2D eigenvalue weighted by Crippen LogP contribution is 2.39. The zero-order valence-electron chi connectivity index (χ0n) is 14.4. The lowest BCUT2D eigenvalue weighted by Gasteiger charge is -2.16. The monoisotopic (exact) mass is 311 g/mol. The number of benzene rings is 4. The summed E-state index contributed by atoms with van der Waals surface area (Å²) in [5, 5.41) is 4.98. The van der Waals surface area contributed by atoms with Crippen molar-refractivity contribution in [1.82, 2.24) is 0 Å². The molecule has 0 aliphatic rings. The Hall–Kier alpha value is -2.80. The smallest absolute Gasteiger partial charge is 0.0423 e. The third-order valence-electron chi connectivity index (χ3n) is 5.16. The van der Waals surface area contributed by atoms with Crippen molar-refractivity contribution in [3.8, 4) is 11.1 Å². The van der Waals surface area contributed by atoms with E-state index < -0.39 is 0 Å². The fourth-order valence-corrected chi connectivity index (χ4v) is 3.64. The van der Waals surface area contributed by atoms with Gasteiger partial charge in [0.2, 0.25) is 0 Å².